The molecule has 0 bridgehead atoms. The molecule has 0 aliphatic heterocycles. The van der Waals surface area contributed by atoms with E-state index in [1.807, 2.05) is 66.7 Å². The lowest BCUT2D eigenvalue weighted by Crippen LogP contribution is -2.33. The predicted octanol–water partition coefficient (Wildman–Crippen LogP) is 7.85. The summed E-state index contributed by atoms with van der Waals surface area (Å²) in [7, 11) is 3.40. The van der Waals surface area contributed by atoms with Crippen molar-refractivity contribution in [3.63, 3.8) is 0 Å². The fourth-order valence-corrected chi connectivity index (χ4v) is 5.93. The Balaban J connectivity index is 1.42. The highest BCUT2D eigenvalue weighted by Gasteiger charge is 2.23. The minimum atomic E-state index is -0.759. The minimum Gasteiger partial charge on any atom is -0.496 e. The molecule has 46 heavy (non-hydrogen) atoms. The van der Waals surface area contributed by atoms with Crippen LogP contribution in [0.25, 0.3) is 0 Å². The fraction of sp³-hybridized carbons (Fsp3) is 0.250. The normalized spacial score (nSPS) is 11.9. The van der Waals surface area contributed by atoms with Gasteiger partial charge in [0.05, 0.1) is 26.0 Å². The number of hydrogen-bond acceptors (Lipinski definition) is 6. The van der Waals surface area contributed by atoms with Gasteiger partial charge in [-0.2, -0.15) is 0 Å². The molecule has 0 radical (unpaired) electrons. The molecule has 0 saturated carbocycles. The summed E-state index contributed by atoms with van der Waals surface area (Å²) < 4.78 is 17.1. The second-order valence-electron chi connectivity index (χ2n) is 11.8. The second kappa shape index (κ2) is 15.5. The molecule has 5 rings (SSSR count). The van der Waals surface area contributed by atoms with E-state index in [1.165, 1.54) is 16.7 Å². The van der Waals surface area contributed by atoms with Crippen LogP contribution in [0, 0.1) is 13.8 Å². The van der Waals surface area contributed by atoms with Crippen molar-refractivity contribution in [2.24, 2.45) is 0 Å². The average Bonchev–Trinajstić information content (AvgIpc) is 3.07. The molecule has 5 aromatic carbocycles. The van der Waals surface area contributed by atoms with Gasteiger partial charge < -0.3 is 25.1 Å². The third-order valence-corrected chi connectivity index (χ3v) is 8.42. The van der Waals surface area contributed by atoms with Crippen LogP contribution in [-0.2, 0) is 13.2 Å². The van der Waals surface area contributed by atoms with Gasteiger partial charge in [-0.05, 0) is 77.1 Å². The average molecular weight is 617 g/mol. The molecule has 0 fully saturated rings. The van der Waals surface area contributed by atoms with Crippen molar-refractivity contribution in [1.29, 1.82) is 0 Å². The Morgan fingerprint density at radius 3 is 1.67 bits per heavy atom. The lowest BCUT2D eigenvalue weighted by Gasteiger charge is -2.31. The molecule has 0 spiro atoms. The second-order valence-corrected chi connectivity index (χ2v) is 11.8. The van der Waals surface area contributed by atoms with Crippen LogP contribution in [0.1, 0.15) is 51.0 Å². The summed E-state index contributed by atoms with van der Waals surface area (Å²) in [6, 6.07) is 38.7. The van der Waals surface area contributed by atoms with Crippen LogP contribution in [0.5, 0.6) is 17.2 Å². The van der Waals surface area contributed by atoms with Crippen LogP contribution >= 0.6 is 0 Å². The highest BCUT2D eigenvalue weighted by Crippen LogP contribution is 2.34. The Hall–Kier alpha value is -4.78. The van der Waals surface area contributed by atoms with Crippen molar-refractivity contribution in [2.75, 3.05) is 33.0 Å². The first kappa shape index (κ1) is 32.6. The van der Waals surface area contributed by atoms with Crippen LogP contribution in [0.15, 0.2) is 115 Å². The molecule has 0 saturated heterocycles. The molecule has 0 aromatic heterocycles. The fourth-order valence-electron chi connectivity index (χ4n) is 5.93. The van der Waals surface area contributed by atoms with Crippen LogP contribution < -0.4 is 19.9 Å². The number of aryl methyl sites for hydroxylation is 2. The molecular formula is C40H44N2O4. The number of rotatable bonds is 14. The monoisotopic (exact) mass is 616 g/mol. The number of aliphatic hydroxyl groups is 1. The summed E-state index contributed by atoms with van der Waals surface area (Å²) in [5.41, 5.74) is 14.4. The zero-order valence-electron chi connectivity index (χ0n) is 27.1. The number of anilines is 1. The van der Waals surface area contributed by atoms with Crippen molar-refractivity contribution in [3.8, 4) is 17.2 Å². The first-order valence-electron chi connectivity index (χ1n) is 15.6. The molecule has 0 aliphatic rings. The highest BCUT2D eigenvalue weighted by atomic mass is 16.5. The van der Waals surface area contributed by atoms with Crippen LogP contribution in [-0.4, -0.2) is 37.3 Å². The summed E-state index contributed by atoms with van der Waals surface area (Å²) in [4.78, 5) is 2.32. The van der Waals surface area contributed by atoms with E-state index >= 15 is 0 Å². The van der Waals surface area contributed by atoms with Gasteiger partial charge in [0.25, 0.3) is 0 Å². The first-order chi connectivity index (χ1) is 22.3. The summed E-state index contributed by atoms with van der Waals surface area (Å²) >= 11 is 0. The number of hydrogen-bond donors (Lipinski definition) is 2. The molecule has 238 valence electrons. The molecule has 0 heterocycles. The van der Waals surface area contributed by atoms with Crippen molar-refractivity contribution in [2.45, 2.75) is 39.0 Å². The third-order valence-electron chi connectivity index (χ3n) is 8.42. The number of methoxy groups -OCH3 is 2. The summed E-state index contributed by atoms with van der Waals surface area (Å²) in [6.45, 7) is 6.33. The van der Waals surface area contributed by atoms with Gasteiger partial charge in [0.1, 0.15) is 23.9 Å². The standard InChI is InChI=1S/C40H44N2O4/c1-28-21-32(15-18-38(28)44-3)35(33-16-19-39(45-4)29(2)22-33)25-42(24-30-11-7-5-8-12-30)26-37(43)34-17-20-40(36(41)23-34)46-27-31-13-9-6-10-14-31/h5-23,35,37,43H,24-27,41H2,1-4H3. The molecule has 6 heteroatoms. The van der Waals surface area contributed by atoms with Crippen molar-refractivity contribution in [1.82, 2.24) is 4.90 Å². The molecule has 3 N–H and O–H groups in total. The van der Waals surface area contributed by atoms with Gasteiger partial charge in [0, 0.05) is 25.6 Å². The molecule has 1 unspecified atom stereocenters. The smallest absolute Gasteiger partial charge is 0.142 e. The molecule has 1 atom stereocenters. The van der Waals surface area contributed by atoms with Gasteiger partial charge in [-0.25, -0.2) is 0 Å². The van der Waals surface area contributed by atoms with Gasteiger partial charge in [0.2, 0.25) is 0 Å². The van der Waals surface area contributed by atoms with E-state index in [1.54, 1.807) is 14.2 Å². The number of nitrogens with zero attached hydrogens (tertiary/aromatic N) is 1. The Bertz CT molecular complexity index is 1650. The Morgan fingerprint density at radius 1 is 0.630 bits per heavy atom. The molecular weight excluding hydrogens is 572 g/mol. The van der Waals surface area contributed by atoms with Crippen LogP contribution in [0.4, 0.5) is 5.69 Å². The van der Waals surface area contributed by atoms with Crippen molar-refractivity contribution in [3.05, 3.63) is 154 Å². The van der Waals surface area contributed by atoms with Crippen molar-refractivity contribution >= 4 is 5.69 Å². The zero-order chi connectivity index (χ0) is 32.5. The van der Waals surface area contributed by atoms with E-state index in [-0.39, 0.29) is 5.92 Å². The summed E-state index contributed by atoms with van der Waals surface area (Å²) in [5.74, 6) is 2.35. The number of nitrogens with two attached hydrogens (primary N) is 1. The molecule has 0 aliphatic carbocycles. The van der Waals surface area contributed by atoms with Gasteiger partial charge in [-0.15, -0.1) is 0 Å². The highest BCUT2D eigenvalue weighted by molar-refractivity contribution is 5.55. The molecule has 6 nitrogen and oxygen atoms in total. The van der Waals surface area contributed by atoms with E-state index in [4.69, 9.17) is 19.9 Å². The minimum absolute atomic E-state index is 0.0314. The maximum Gasteiger partial charge on any atom is 0.142 e. The number of aliphatic hydroxyl groups excluding tert-OH is 1. The lowest BCUT2D eigenvalue weighted by atomic mass is 9.88. The van der Waals surface area contributed by atoms with Gasteiger partial charge in [-0.3, -0.25) is 4.90 Å². The van der Waals surface area contributed by atoms with Crippen LogP contribution in [0.2, 0.25) is 0 Å². The van der Waals surface area contributed by atoms with Gasteiger partial charge in [-0.1, -0.05) is 91.0 Å². The maximum absolute atomic E-state index is 11.6. The van der Waals surface area contributed by atoms with E-state index < -0.39 is 6.10 Å². The Morgan fingerprint density at radius 2 is 1.15 bits per heavy atom. The lowest BCUT2D eigenvalue weighted by molar-refractivity contribution is 0.107. The SMILES string of the molecule is COc1ccc(C(CN(Cc2ccccc2)CC(O)c2ccc(OCc3ccccc3)c(N)c2)c2ccc(OC)c(C)c2)cc1C. The zero-order valence-corrected chi connectivity index (χ0v) is 27.1. The van der Waals surface area contributed by atoms with E-state index in [0.29, 0.717) is 37.7 Å². The van der Waals surface area contributed by atoms with E-state index in [2.05, 4.69) is 67.3 Å². The first-order valence-corrected chi connectivity index (χ1v) is 15.6. The summed E-state index contributed by atoms with van der Waals surface area (Å²) in [5, 5.41) is 11.6. The topological polar surface area (TPSA) is 77.2 Å². The van der Waals surface area contributed by atoms with Crippen molar-refractivity contribution < 1.29 is 19.3 Å². The number of nitrogen functional groups attached to an aromatic ring is 1. The maximum atomic E-state index is 11.6. The molecule has 5 aromatic rings. The van der Waals surface area contributed by atoms with Gasteiger partial charge >= 0.3 is 0 Å². The van der Waals surface area contributed by atoms with Crippen LogP contribution in [0.3, 0.4) is 0 Å². The number of ether oxygens (including phenoxy) is 3. The summed E-state index contributed by atoms with van der Waals surface area (Å²) in [6.07, 6.45) is -0.759. The van der Waals surface area contributed by atoms with E-state index in [9.17, 15) is 5.11 Å². The van der Waals surface area contributed by atoms with Gasteiger partial charge in [0.15, 0.2) is 0 Å². The Kier molecular flexibility index (Phi) is 11.0. The molecule has 0 amide bonds. The predicted molar refractivity (Wildman–Crippen MR) is 186 cm³/mol. The largest absolute Gasteiger partial charge is 0.496 e. The third kappa shape index (κ3) is 8.27. The number of benzene rings is 5. The Labute approximate surface area is 273 Å². The quantitative estimate of drug-likeness (QED) is 0.124. The van der Waals surface area contributed by atoms with E-state index in [0.717, 1.165) is 33.8 Å².